The molecule has 0 radical (unpaired) electrons. The molecule has 0 spiro atoms. The lowest BCUT2D eigenvalue weighted by atomic mass is 10.1. The summed E-state index contributed by atoms with van der Waals surface area (Å²) in [4.78, 5) is 23.8. The van der Waals surface area contributed by atoms with E-state index in [1.165, 1.54) is 12.1 Å². The molecule has 0 heterocycles. The fourth-order valence-electron chi connectivity index (χ4n) is 1.84. The highest BCUT2D eigenvalue weighted by atomic mass is 35.5. The summed E-state index contributed by atoms with van der Waals surface area (Å²) in [5, 5.41) is 0.634. The Morgan fingerprint density at radius 1 is 1.04 bits per heavy atom. The first-order chi connectivity index (χ1) is 11.0. The van der Waals surface area contributed by atoms with E-state index in [0.717, 1.165) is 5.56 Å². The zero-order chi connectivity index (χ0) is 16.8. The summed E-state index contributed by atoms with van der Waals surface area (Å²) in [6.07, 6.45) is 0.124. The Balaban J connectivity index is 1.89. The first-order valence-corrected chi connectivity index (χ1v) is 7.42. The zero-order valence-corrected chi connectivity index (χ0v) is 13.7. The van der Waals surface area contributed by atoms with Crippen LogP contribution < -0.4 is 15.6 Å². The maximum Gasteiger partial charge on any atom is 0.271 e. The number of hydrazine groups is 1. The Morgan fingerprint density at radius 2 is 1.74 bits per heavy atom. The molecule has 2 N–H and O–H groups in total. The Morgan fingerprint density at radius 3 is 2.35 bits per heavy atom. The minimum absolute atomic E-state index is 0.124. The molecule has 2 aromatic carbocycles. The van der Waals surface area contributed by atoms with Crippen LogP contribution in [-0.4, -0.2) is 18.9 Å². The lowest BCUT2D eigenvalue weighted by molar-refractivity contribution is -0.121. The highest BCUT2D eigenvalue weighted by molar-refractivity contribution is 6.36. The van der Waals surface area contributed by atoms with Gasteiger partial charge in [-0.25, -0.2) is 0 Å². The molecule has 0 fully saturated rings. The van der Waals surface area contributed by atoms with Gasteiger partial charge in [0.15, 0.2) is 0 Å². The van der Waals surface area contributed by atoms with E-state index in [9.17, 15) is 9.59 Å². The van der Waals surface area contributed by atoms with E-state index >= 15 is 0 Å². The van der Waals surface area contributed by atoms with Gasteiger partial charge in [0.2, 0.25) is 5.91 Å². The second-order valence-corrected chi connectivity index (χ2v) is 5.49. The summed E-state index contributed by atoms with van der Waals surface area (Å²) >= 11 is 11.7. The second-order valence-electron chi connectivity index (χ2n) is 4.65. The van der Waals surface area contributed by atoms with Crippen LogP contribution in [0.4, 0.5) is 0 Å². The van der Waals surface area contributed by atoms with Gasteiger partial charge in [-0.15, -0.1) is 0 Å². The molecular weight excluding hydrogens is 339 g/mol. The SMILES string of the molecule is COc1ccc(CC(=O)NNC(=O)c2ccc(Cl)cc2Cl)cc1. The van der Waals surface area contributed by atoms with Gasteiger partial charge in [0.1, 0.15) is 5.75 Å². The van der Waals surface area contributed by atoms with Crippen LogP contribution >= 0.6 is 23.2 Å². The van der Waals surface area contributed by atoms with Crippen molar-refractivity contribution < 1.29 is 14.3 Å². The van der Waals surface area contributed by atoms with Crippen molar-refractivity contribution >= 4 is 35.0 Å². The molecule has 0 saturated carbocycles. The molecule has 2 amide bonds. The van der Waals surface area contributed by atoms with Crippen molar-refractivity contribution in [2.75, 3.05) is 7.11 Å². The number of hydrogen-bond donors (Lipinski definition) is 2. The fourth-order valence-corrected chi connectivity index (χ4v) is 2.33. The molecule has 0 unspecified atom stereocenters. The molecule has 0 bridgehead atoms. The molecular formula is C16H14Cl2N2O3. The van der Waals surface area contributed by atoms with Crippen molar-refractivity contribution in [2.24, 2.45) is 0 Å². The largest absolute Gasteiger partial charge is 0.497 e. The van der Waals surface area contributed by atoms with Crippen molar-refractivity contribution in [1.29, 1.82) is 0 Å². The van der Waals surface area contributed by atoms with E-state index in [1.54, 1.807) is 37.4 Å². The summed E-state index contributed by atoms with van der Waals surface area (Å²) in [6, 6.07) is 11.5. The quantitative estimate of drug-likeness (QED) is 0.831. The lowest BCUT2D eigenvalue weighted by Gasteiger charge is -2.09. The third kappa shape index (κ3) is 4.87. The van der Waals surface area contributed by atoms with Gasteiger partial charge >= 0.3 is 0 Å². The average Bonchev–Trinajstić information content (AvgIpc) is 2.53. The predicted octanol–water partition coefficient (Wildman–Crippen LogP) is 3.01. The number of amides is 2. The van der Waals surface area contributed by atoms with Gasteiger partial charge in [0.05, 0.1) is 24.1 Å². The van der Waals surface area contributed by atoms with E-state index in [1.807, 2.05) is 0 Å². The summed E-state index contributed by atoms with van der Waals surface area (Å²) in [7, 11) is 1.57. The van der Waals surface area contributed by atoms with Crippen LogP contribution in [0.3, 0.4) is 0 Å². The third-order valence-corrected chi connectivity index (χ3v) is 3.56. The summed E-state index contributed by atoms with van der Waals surface area (Å²) < 4.78 is 5.04. The molecule has 7 heteroatoms. The molecule has 120 valence electrons. The van der Waals surface area contributed by atoms with Gasteiger partial charge in [-0.2, -0.15) is 0 Å². The minimum atomic E-state index is -0.519. The van der Waals surface area contributed by atoms with Crippen molar-refractivity contribution in [2.45, 2.75) is 6.42 Å². The fraction of sp³-hybridized carbons (Fsp3) is 0.125. The molecule has 2 rings (SSSR count). The number of ether oxygens (including phenoxy) is 1. The molecule has 0 atom stereocenters. The standard InChI is InChI=1S/C16H14Cl2N2O3/c1-23-12-5-2-10(3-6-12)8-15(21)19-20-16(22)13-7-4-11(17)9-14(13)18/h2-7,9H,8H2,1H3,(H,19,21)(H,20,22). The molecule has 5 nitrogen and oxygen atoms in total. The van der Waals surface area contributed by atoms with Crippen molar-refractivity contribution in [1.82, 2.24) is 10.9 Å². The molecule has 0 aliphatic carbocycles. The Bertz CT molecular complexity index is 718. The van der Waals surface area contributed by atoms with Gasteiger partial charge in [-0.3, -0.25) is 20.4 Å². The summed E-state index contributed by atoms with van der Waals surface area (Å²) in [5.74, 6) is -0.164. The van der Waals surface area contributed by atoms with Crippen molar-refractivity contribution in [3.05, 3.63) is 63.6 Å². The highest BCUT2D eigenvalue weighted by Crippen LogP contribution is 2.20. The predicted molar refractivity (Wildman–Crippen MR) is 88.8 cm³/mol. The van der Waals surface area contributed by atoms with Crippen LogP contribution in [0.2, 0.25) is 10.0 Å². The van der Waals surface area contributed by atoms with Crippen LogP contribution in [0.1, 0.15) is 15.9 Å². The van der Waals surface area contributed by atoms with E-state index in [4.69, 9.17) is 27.9 Å². The number of methoxy groups -OCH3 is 1. The second kappa shape index (κ2) is 7.85. The van der Waals surface area contributed by atoms with Gasteiger partial charge in [0.25, 0.3) is 5.91 Å². The van der Waals surface area contributed by atoms with Crippen LogP contribution in [0.5, 0.6) is 5.75 Å². The van der Waals surface area contributed by atoms with Crippen LogP contribution in [0.25, 0.3) is 0 Å². The lowest BCUT2D eigenvalue weighted by Crippen LogP contribution is -2.42. The van der Waals surface area contributed by atoms with E-state index in [0.29, 0.717) is 10.8 Å². The summed E-state index contributed by atoms with van der Waals surface area (Å²) in [5.41, 5.74) is 5.67. The van der Waals surface area contributed by atoms with E-state index in [2.05, 4.69) is 10.9 Å². The highest BCUT2D eigenvalue weighted by Gasteiger charge is 2.12. The van der Waals surface area contributed by atoms with Gasteiger partial charge in [-0.05, 0) is 35.9 Å². The minimum Gasteiger partial charge on any atom is -0.497 e. The van der Waals surface area contributed by atoms with Gasteiger partial charge in [-0.1, -0.05) is 35.3 Å². The number of benzene rings is 2. The smallest absolute Gasteiger partial charge is 0.271 e. The molecule has 23 heavy (non-hydrogen) atoms. The maximum atomic E-state index is 11.9. The van der Waals surface area contributed by atoms with Crippen molar-refractivity contribution in [3.63, 3.8) is 0 Å². The van der Waals surface area contributed by atoms with Gasteiger partial charge in [0, 0.05) is 5.02 Å². The van der Waals surface area contributed by atoms with E-state index < -0.39 is 5.91 Å². The Hall–Kier alpha value is -2.24. The normalized spacial score (nSPS) is 10.0. The van der Waals surface area contributed by atoms with Gasteiger partial charge < -0.3 is 4.74 Å². The number of nitrogens with one attached hydrogen (secondary N) is 2. The molecule has 0 saturated heterocycles. The average molecular weight is 353 g/mol. The Kier molecular flexibility index (Phi) is 5.84. The zero-order valence-electron chi connectivity index (χ0n) is 12.2. The topological polar surface area (TPSA) is 67.4 Å². The molecule has 0 aromatic heterocycles. The number of halogens is 2. The Labute approximate surface area is 143 Å². The molecule has 0 aliphatic rings. The van der Waals surface area contributed by atoms with Crippen LogP contribution in [0, 0.1) is 0 Å². The van der Waals surface area contributed by atoms with Crippen LogP contribution in [0.15, 0.2) is 42.5 Å². The number of carbonyl (C=O) groups excluding carboxylic acids is 2. The number of carbonyl (C=O) groups is 2. The maximum absolute atomic E-state index is 11.9. The molecule has 0 aliphatic heterocycles. The summed E-state index contributed by atoms with van der Waals surface area (Å²) in [6.45, 7) is 0. The number of rotatable bonds is 4. The van der Waals surface area contributed by atoms with E-state index in [-0.39, 0.29) is 22.9 Å². The van der Waals surface area contributed by atoms with Crippen molar-refractivity contribution in [3.8, 4) is 5.75 Å². The first-order valence-electron chi connectivity index (χ1n) is 6.67. The first kappa shape index (κ1) is 17.1. The third-order valence-electron chi connectivity index (χ3n) is 3.01. The molecule has 2 aromatic rings. The number of hydrogen-bond acceptors (Lipinski definition) is 3. The van der Waals surface area contributed by atoms with Crippen LogP contribution in [-0.2, 0) is 11.2 Å². The monoisotopic (exact) mass is 352 g/mol.